The molecule has 0 bridgehead atoms. The van der Waals surface area contributed by atoms with Crippen molar-refractivity contribution in [1.82, 2.24) is 4.90 Å². The number of esters is 1. The van der Waals surface area contributed by atoms with Crippen molar-refractivity contribution in [2.75, 3.05) is 19.4 Å². The van der Waals surface area contributed by atoms with E-state index in [1.54, 1.807) is 29.2 Å². The third kappa shape index (κ3) is 8.48. The van der Waals surface area contributed by atoms with Gasteiger partial charge < -0.3 is 14.2 Å². The van der Waals surface area contributed by atoms with Crippen LogP contribution >= 0.6 is 0 Å². The van der Waals surface area contributed by atoms with Crippen LogP contribution in [0.3, 0.4) is 0 Å². The number of nitrogens with zero attached hydrogens (tertiary/aromatic N) is 1. The fraction of sp³-hybridized carbons (Fsp3) is 0.387. The van der Waals surface area contributed by atoms with E-state index in [0.29, 0.717) is 30.0 Å². The molecule has 2 atom stereocenters. The zero-order valence-electron chi connectivity index (χ0n) is 23.6. The van der Waals surface area contributed by atoms with Crippen LogP contribution in [0.1, 0.15) is 32.3 Å². The Labute approximate surface area is 244 Å². The third-order valence-electron chi connectivity index (χ3n) is 6.85. The molecule has 11 heteroatoms. The summed E-state index contributed by atoms with van der Waals surface area (Å²) in [5.41, 5.74) is 2.12. The van der Waals surface area contributed by atoms with Crippen LogP contribution in [0, 0.1) is 5.92 Å². The Morgan fingerprint density at radius 3 is 2.29 bits per heavy atom. The topological polar surface area (TPSA) is 82.1 Å². The molecule has 1 aliphatic heterocycles. The number of alkyl halides is 3. The van der Waals surface area contributed by atoms with E-state index in [-0.39, 0.29) is 36.5 Å². The summed E-state index contributed by atoms with van der Waals surface area (Å²) >= 11 is 0. The van der Waals surface area contributed by atoms with Crippen LogP contribution in [0.2, 0.25) is 0 Å². The standard InChI is InChI=1S/C31H34F3NO6S/c1-21(2)40-25-11-9-22(10-12-25)19-35-16-15-23(17-29(35)41-30(36)31(32,33)34)20-39-26-13-14-27(24-7-5-4-6-8-24)28(18-26)42(3,37)38/h4-14,18,21,23,29H,15-17,19-20H2,1-3H3. The maximum absolute atomic E-state index is 13.1. The van der Waals surface area contributed by atoms with Crippen LogP contribution in [-0.2, 0) is 25.9 Å². The van der Waals surface area contributed by atoms with Gasteiger partial charge >= 0.3 is 12.1 Å². The summed E-state index contributed by atoms with van der Waals surface area (Å²) in [5, 5.41) is 0. The van der Waals surface area contributed by atoms with E-state index in [4.69, 9.17) is 14.2 Å². The van der Waals surface area contributed by atoms with Crippen LogP contribution in [0.15, 0.2) is 77.7 Å². The van der Waals surface area contributed by atoms with Crippen LogP contribution < -0.4 is 9.47 Å². The SMILES string of the molecule is CC(C)Oc1ccc(CN2CCC(COc3ccc(-c4ccccc4)c(S(C)(=O)=O)c3)CC2OC(=O)C(F)(F)F)cc1. The quantitative estimate of drug-likeness (QED) is 0.252. The fourth-order valence-corrected chi connectivity index (χ4v) is 5.75. The molecule has 0 amide bonds. The molecule has 3 aromatic carbocycles. The molecular weight excluding hydrogens is 571 g/mol. The second-order valence-electron chi connectivity index (χ2n) is 10.6. The molecule has 226 valence electrons. The Morgan fingerprint density at radius 2 is 1.67 bits per heavy atom. The van der Waals surface area contributed by atoms with Crippen molar-refractivity contribution in [3.63, 3.8) is 0 Å². The first-order chi connectivity index (χ1) is 19.8. The Balaban J connectivity index is 1.46. The van der Waals surface area contributed by atoms with Crippen molar-refractivity contribution in [3.8, 4) is 22.6 Å². The molecule has 2 unspecified atom stereocenters. The summed E-state index contributed by atoms with van der Waals surface area (Å²) in [6.07, 6.45) is -4.40. The molecule has 0 radical (unpaired) electrons. The Kier molecular flexibility index (Phi) is 9.83. The van der Waals surface area contributed by atoms with Gasteiger partial charge in [0, 0.05) is 31.3 Å². The zero-order valence-corrected chi connectivity index (χ0v) is 24.5. The monoisotopic (exact) mass is 605 g/mol. The van der Waals surface area contributed by atoms with E-state index in [1.807, 2.05) is 56.3 Å². The molecule has 0 aliphatic carbocycles. The number of rotatable bonds is 10. The predicted octanol–water partition coefficient (Wildman–Crippen LogP) is 6.27. The van der Waals surface area contributed by atoms with E-state index in [9.17, 15) is 26.4 Å². The number of halogens is 3. The normalized spacial score (nSPS) is 18.1. The maximum Gasteiger partial charge on any atom is 0.490 e. The molecule has 1 heterocycles. The van der Waals surface area contributed by atoms with Crippen molar-refractivity contribution in [3.05, 3.63) is 78.4 Å². The number of piperidine rings is 1. The summed E-state index contributed by atoms with van der Waals surface area (Å²) in [5.74, 6) is -1.47. The Hall–Kier alpha value is -3.57. The number of likely N-dealkylation sites (tertiary alicyclic amines) is 1. The van der Waals surface area contributed by atoms with Gasteiger partial charge in [0.15, 0.2) is 16.1 Å². The highest BCUT2D eigenvalue weighted by Gasteiger charge is 2.44. The van der Waals surface area contributed by atoms with E-state index in [0.717, 1.165) is 17.4 Å². The molecule has 1 saturated heterocycles. The van der Waals surface area contributed by atoms with Gasteiger partial charge in [0.2, 0.25) is 0 Å². The van der Waals surface area contributed by atoms with Gasteiger partial charge in [0.1, 0.15) is 11.5 Å². The number of ether oxygens (including phenoxy) is 3. The van der Waals surface area contributed by atoms with E-state index in [1.165, 1.54) is 6.07 Å². The summed E-state index contributed by atoms with van der Waals surface area (Å²) in [4.78, 5) is 13.6. The van der Waals surface area contributed by atoms with Crippen molar-refractivity contribution in [2.24, 2.45) is 5.92 Å². The minimum Gasteiger partial charge on any atom is -0.493 e. The predicted molar refractivity (Wildman–Crippen MR) is 152 cm³/mol. The molecule has 0 aromatic heterocycles. The molecule has 3 aromatic rings. The third-order valence-corrected chi connectivity index (χ3v) is 7.98. The van der Waals surface area contributed by atoms with E-state index in [2.05, 4.69) is 0 Å². The van der Waals surface area contributed by atoms with Gasteiger partial charge in [-0.3, -0.25) is 4.90 Å². The summed E-state index contributed by atoms with van der Waals surface area (Å²) < 4.78 is 80.9. The lowest BCUT2D eigenvalue weighted by Gasteiger charge is -2.38. The average molecular weight is 606 g/mol. The van der Waals surface area contributed by atoms with E-state index >= 15 is 0 Å². The lowest BCUT2D eigenvalue weighted by molar-refractivity contribution is -0.217. The number of hydrogen-bond acceptors (Lipinski definition) is 7. The molecule has 1 aliphatic rings. The summed E-state index contributed by atoms with van der Waals surface area (Å²) in [6, 6.07) is 21.1. The van der Waals surface area contributed by atoms with Crippen molar-refractivity contribution < 1.29 is 40.6 Å². The average Bonchev–Trinajstić information content (AvgIpc) is 2.93. The Morgan fingerprint density at radius 1 is 1.00 bits per heavy atom. The van der Waals surface area contributed by atoms with Gasteiger partial charge in [-0.15, -0.1) is 0 Å². The fourth-order valence-electron chi connectivity index (χ4n) is 4.84. The van der Waals surface area contributed by atoms with Gasteiger partial charge in [-0.1, -0.05) is 42.5 Å². The first-order valence-corrected chi connectivity index (χ1v) is 15.5. The smallest absolute Gasteiger partial charge is 0.490 e. The number of sulfone groups is 1. The van der Waals surface area contributed by atoms with Gasteiger partial charge in [0.05, 0.1) is 17.6 Å². The van der Waals surface area contributed by atoms with Crippen LogP contribution in [-0.4, -0.2) is 57.2 Å². The van der Waals surface area contributed by atoms with Crippen LogP contribution in [0.4, 0.5) is 13.2 Å². The molecule has 7 nitrogen and oxygen atoms in total. The molecule has 0 N–H and O–H groups in total. The lowest BCUT2D eigenvalue weighted by atomic mass is 9.95. The molecule has 1 fully saturated rings. The van der Waals surface area contributed by atoms with Gasteiger partial charge in [-0.25, -0.2) is 13.2 Å². The summed E-state index contributed by atoms with van der Waals surface area (Å²) in [7, 11) is -3.59. The second kappa shape index (κ2) is 13.2. The van der Waals surface area contributed by atoms with Gasteiger partial charge in [-0.2, -0.15) is 13.2 Å². The van der Waals surface area contributed by atoms with Crippen molar-refractivity contribution >= 4 is 15.8 Å². The Bertz CT molecular complexity index is 1460. The summed E-state index contributed by atoms with van der Waals surface area (Å²) in [6.45, 7) is 4.58. The second-order valence-corrected chi connectivity index (χ2v) is 12.6. The minimum absolute atomic E-state index is 0.00280. The maximum atomic E-state index is 13.1. The lowest BCUT2D eigenvalue weighted by Crippen LogP contribution is -2.47. The van der Waals surface area contributed by atoms with Crippen molar-refractivity contribution in [2.45, 2.75) is 56.6 Å². The number of benzene rings is 3. The van der Waals surface area contributed by atoms with Gasteiger partial charge in [-0.05, 0) is 67.6 Å². The molecule has 0 saturated carbocycles. The highest BCUT2D eigenvalue weighted by Crippen LogP contribution is 2.33. The largest absolute Gasteiger partial charge is 0.493 e. The molecule has 0 spiro atoms. The van der Waals surface area contributed by atoms with Crippen molar-refractivity contribution in [1.29, 1.82) is 0 Å². The highest BCUT2D eigenvalue weighted by atomic mass is 32.2. The molecule has 4 rings (SSSR count). The number of hydrogen-bond donors (Lipinski definition) is 0. The molecule has 42 heavy (non-hydrogen) atoms. The first kappa shape index (κ1) is 31.4. The zero-order chi connectivity index (χ0) is 30.5. The van der Waals surface area contributed by atoms with Crippen LogP contribution in [0.25, 0.3) is 11.1 Å². The van der Waals surface area contributed by atoms with E-state index < -0.39 is 28.2 Å². The van der Waals surface area contributed by atoms with Gasteiger partial charge in [0.25, 0.3) is 0 Å². The highest BCUT2D eigenvalue weighted by molar-refractivity contribution is 7.90. The number of carbonyl (C=O) groups is 1. The number of carbonyl (C=O) groups excluding carboxylic acids is 1. The molecular formula is C31H34F3NO6S. The van der Waals surface area contributed by atoms with Crippen LogP contribution in [0.5, 0.6) is 11.5 Å². The minimum atomic E-state index is -5.12. The first-order valence-electron chi connectivity index (χ1n) is 13.6.